The normalized spacial score (nSPS) is 15.0. The van der Waals surface area contributed by atoms with Crippen molar-refractivity contribution in [3.8, 4) is 0 Å². The molecule has 0 atom stereocenters. The summed E-state index contributed by atoms with van der Waals surface area (Å²) in [5.41, 5.74) is 1.07. The molecule has 6 heteroatoms. The van der Waals surface area contributed by atoms with E-state index in [-0.39, 0.29) is 5.91 Å². The van der Waals surface area contributed by atoms with E-state index in [4.69, 9.17) is 0 Å². The highest BCUT2D eigenvalue weighted by Gasteiger charge is 2.21. The number of thiazole rings is 1. The number of nitrogens with zero attached hydrogens (tertiary/aromatic N) is 4. The molecular weight excluding hydrogens is 308 g/mol. The van der Waals surface area contributed by atoms with Gasteiger partial charge in [0.25, 0.3) is 0 Å². The monoisotopic (exact) mass is 330 g/mol. The van der Waals surface area contributed by atoms with E-state index in [0.29, 0.717) is 6.42 Å². The van der Waals surface area contributed by atoms with E-state index in [1.54, 1.807) is 11.3 Å². The van der Waals surface area contributed by atoms with E-state index in [9.17, 15) is 4.79 Å². The molecule has 0 unspecified atom stereocenters. The molecule has 5 nitrogen and oxygen atoms in total. The lowest BCUT2D eigenvalue weighted by Gasteiger charge is -2.35. The Morgan fingerprint density at radius 1 is 1.22 bits per heavy atom. The van der Waals surface area contributed by atoms with Crippen LogP contribution in [-0.4, -0.2) is 47.0 Å². The minimum Gasteiger partial charge on any atom is -0.353 e. The number of carbonyl (C=O) groups excluding carboxylic acids is 1. The highest BCUT2D eigenvalue weighted by molar-refractivity contribution is 7.11. The fraction of sp³-hybridized carbons (Fsp3) is 0.471. The maximum Gasteiger partial charge on any atom is 0.223 e. The van der Waals surface area contributed by atoms with Crippen molar-refractivity contribution in [1.29, 1.82) is 0 Å². The highest BCUT2D eigenvalue weighted by atomic mass is 32.1. The van der Waals surface area contributed by atoms with Gasteiger partial charge in [-0.3, -0.25) is 4.79 Å². The molecule has 3 rings (SSSR count). The van der Waals surface area contributed by atoms with E-state index in [1.165, 1.54) is 4.88 Å². The Labute approximate surface area is 141 Å². The van der Waals surface area contributed by atoms with Crippen LogP contribution < -0.4 is 4.90 Å². The first kappa shape index (κ1) is 15.9. The lowest BCUT2D eigenvalue weighted by molar-refractivity contribution is -0.131. The summed E-state index contributed by atoms with van der Waals surface area (Å²) in [4.78, 5) is 26.7. The molecule has 23 heavy (non-hydrogen) atoms. The van der Waals surface area contributed by atoms with Crippen LogP contribution in [0, 0.1) is 13.8 Å². The van der Waals surface area contributed by atoms with Gasteiger partial charge in [0, 0.05) is 43.7 Å². The van der Waals surface area contributed by atoms with Crippen LogP contribution in [0.5, 0.6) is 0 Å². The maximum atomic E-state index is 12.4. The molecule has 1 amide bonds. The second kappa shape index (κ2) is 7.08. The summed E-state index contributed by atoms with van der Waals surface area (Å²) in [5.74, 6) is 1.24. The van der Waals surface area contributed by atoms with Crippen LogP contribution in [0.2, 0.25) is 0 Å². The van der Waals surface area contributed by atoms with Crippen molar-refractivity contribution in [3.05, 3.63) is 40.0 Å². The van der Waals surface area contributed by atoms with Gasteiger partial charge in [-0.05, 0) is 32.4 Å². The van der Waals surface area contributed by atoms with Crippen molar-refractivity contribution in [1.82, 2.24) is 14.9 Å². The summed E-state index contributed by atoms with van der Waals surface area (Å²) < 4.78 is 0. The maximum absolute atomic E-state index is 12.4. The van der Waals surface area contributed by atoms with Crippen molar-refractivity contribution in [3.63, 3.8) is 0 Å². The number of pyridine rings is 1. The first-order chi connectivity index (χ1) is 11.1. The van der Waals surface area contributed by atoms with Gasteiger partial charge in [-0.25, -0.2) is 9.97 Å². The summed E-state index contributed by atoms with van der Waals surface area (Å²) in [6.07, 6.45) is 3.19. The Hall–Kier alpha value is -1.95. The van der Waals surface area contributed by atoms with Gasteiger partial charge in [-0.15, -0.1) is 11.3 Å². The second-order valence-corrected chi connectivity index (χ2v) is 7.08. The molecule has 0 aliphatic carbocycles. The summed E-state index contributed by atoms with van der Waals surface area (Å²) >= 11 is 1.70. The van der Waals surface area contributed by atoms with Crippen molar-refractivity contribution in [2.75, 3.05) is 31.1 Å². The predicted octanol–water partition coefficient (Wildman–Crippen LogP) is 2.44. The van der Waals surface area contributed by atoms with E-state index in [1.807, 2.05) is 43.1 Å². The number of hydrogen-bond donors (Lipinski definition) is 0. The Morgan fingerprint density at radius 3 is 2.61 bits per heavy atom. The van der Waals surface area contributed by atoms with Gasteiger partial charge in [0.2, 0.25) is 5.91 Å². The highest BCUT2D eigenvalue weighted by Crippen LogP contribution is 2.19. The first-order valence-electron chi connectivity index (χ1n) is 8.00. The Bertz CT molecular complexity index is 662. The molecule has 2 aromatic rings. The average molecular weight is 330 g/mol. The minimum absolute atomic E-state index is 0.246. The summed E-state index contributed by atoms with van der Waals surface area (Å²) in [5, 5.41) is 1.08. The van der Waals surface area contributed by atoms with Crippen molar-refractivity contribution in [2.24, 2.45) is 0 Å². The van der Waals surface area contributed by atoms with Gasteiger partial charge >= 0.3 is 0 Å². The molecule has 3 heterocycles. The number of aryl methyl sites for hydroxylation is 3. The predicted molar refractivity (Wildman–Crippen MR) is 92.9 cm³/mol. The molecule has 2 aromatic heterocycles. The van der Waals surface area contributed by atoms with Gasteiger partial charge < -0.3 is 9.80 Å². The molecule has 1 fully saturated rings. The topological polar surface area (TPSA) is 49.3 Å². The van der Waals surface area contributed by atoms with Gasteiger partial charge in [-0.2, -0.15) is 0 Å². The van der Waals surface area contributed by atoms with E-state index in [2.05, 4.69) is 14.9 Å². The molecule has 0 radical (unpaired) electrons. The number of carbonyl (C=O) groups is 1. The van der Waals surface area contributed by atoms with Gasteiger partial charge in [0.05, 0.1) is 10.7 Å². The fourth-order valence-electron chi connectivity index (χ4n) is 2.91. The summed E-state index contributed by atoms with van der Waals surface area (Å²) in [6, 6.07) is 5.94. The zero-order valence-corrected chi connectivity index (χ0v) is 14.5. The molecule has 0 bridgehead atoms. The largest absolute Gasteiger partial charge is 0.353 e. The van der Waals surface area contributed by atoms with Crippen molar-refractivity contribution in [2.45, 2.75) is 26.7 Å². The quantitative estimate of drug-likeness (QED) is 0.864. The number of rotatable bonds is 4. The number of anilines is 1. The number of hydrogen-bond acceptors (Lipinski definition) is 5. The molecule has 0 spiro atoms. The van der Waals surface area contributed by atoms with Crippen LogP contribution in [0.4, 0.5) is 5.82 Å². The van der Waals surface area contributed by atoms with Gasteiger partial charge in [-0.1, -0.05) is 6.07 Å². The minimum atomic E-state index is 0.246. The first-order valence-corrected chi connectivity index (χ1v) is 8.82. The smallest absolute Gasteiger partial charge is 0.223 e. The number of piperazine rings is 1. The summed E-state index contributed by atoms with van der Waals surface area (Å²) in [6.45, 7) is 7.28. The molecule has 0 N–H and O–H groups in total. The van der Waals surface area contributed by atoms with E-state index >= 15 is 0 Å². The third-order valence-electron chi connectivity index (χ3n) is 4.17. The Balaban J connectivity index is 1.49. The Morgan fingerprint density at radius 2 is 2.00 bits per heavy atom. The van der Waals surface area contributed by atoms with Crippen molar-refractivity contribution < 1.29 is 4.79 Å². The van der Waals surface area contributed by atoms with Crippen LogP contribution in [0.25, 0.3) is 0 Å². The zero-order valence-electron chi connectivity index (χ0n) is 13.7. The molecule has 0 saturated carbocycles. The van der Waals surface area contributed by atoms with E-state index < -0.39 is 0 Å². The third kappa shape index (κ3) is 3.88. The lowest BCUT2D eigenvalue weighted by atomic mass is 10.2. The number of aromatic nitrogens is 2. The second-order valence-electron chi connectivity index (χ2n) is 5.80. The van der Waals surface area contributed by atoms with Crippen LogP contribution in [-0.2, 0) is 11.2 Å². The third-order valence-corrected chi connectivity index (χ3v) is 5.30. The van der Waals surface area contributed by atoms with Gasteiger partial charge in [0.15, 0.2) is 0 Å². The molecule has 0 aromatic carbocycles. The zero-order chi connectivity index (χ0) is 16.2. The molecule has 1 aliphatic rings. The SMILES string of the molecule is Cc1nc(C)c(CCC(=O)N2CCN(c3ccccn3)CC2)s1. The number of amides is 1. The lowest BCUT2D eigenvalue weighted by Crippen LogP contribution is -2.49. The molecule has 1 aliphatic heterocycles. The molecule has 1 saturated heterocycles. The molecule has 122 valence electrons. The van der Waals surface area contributed by atoms with Gasteiger partial charge in [0.1, 0.15) is 5.82 Å². The van der Waals surface area contributed by atoms with Crippen molar-refractivity contribution >= 4 is 23.1 Å². The van der Waals surface area contributed by atoms with Crippen LogP contribution in [0.15, 0.2) is 24.4 Å². The average Bonchev–Trinajstić information content (AvgIpc) is 2.91. The molecular formula is C17H22N4OS. The van der Waals surface area contributed by atoms with Crippen LogP contribution in [0.3, 0.4) is 0 Å². The van der Waals surface area contributed by atoms with Crippen LogP contribution in [0.1, 0.15) is 22.0 Å². The fourth-order valence-corrected chi connectivity index (χ4v) is 3.85. The van der Waals surface area contributed by atoms with Crippen LogP contribution >= 0.6 is 11.3 Å². The Kier molecular flexibility index (Phi) is 4.91. The summed E-state index contributed by atoms with van der Waals surface area (Å²) in [7, 11) is 0. The van der Waals surface area contributed by atoms with E-state index in [0.717, 1.165) is 49.1 Å². The standard InChI is InChI=1S/C17H22N4OS/c1-13-15(23-14(2)19-13)6-7-17(22)21-11-9-20(10-12-21)16-5-3-4-8-18-16/h3-5,8H,6-7,9-12H2,1-2H3.